The van der Waals surface area contributed by atoms with Gasteiger partial charge in [0, 0.05) is 0 Å². The van der Waals surface area contributed by atoms with Gasteiger partial charge in [-0.3, -0.25) is 9.10 Å². The van der Waals surface area contributed by atoms with Gasteiger partial charge in [0.05, 0.1) is 32.2 Å². The summed E-state index contributed by atoms with van der Waals surface area (Å²) in [7, 11) is -0.654. The van der Waals surface area contributed by atoms with E-state index in [2.05, 4.69) is 5.32 Å². The van der Waals surface area contributed by atoms with E-state index < -0.39 is 15.9 Å². The number of hydrogen-bond acceptors (Lipinski definition) is 5. The van der Waals surface area contributed by atoms with Gasteiger partial charge < -0.3 is 14.8 Å². The number of hydrogen-bond donors (Lipinski definition) is 1. The van der Waals surface area contributed by atoms with E-state index in [1.807, 2.05) is 32.0 Å². The highest BCUT2D eigenvalue weighted by molar-refractivity contribution is 7.92. The Labute approximate surface area is 166 Å². The first-order chi connectivity index (χ1) is 13.2. The zero-order valence-corrected chi connectivity index (χ0v) is 17.5. The molecular formula is C20H26N2O5S. The lowest BCUT2D eigenvalue weighted by Crippen LogP contribution is -2.41. The maximum absolute atomic E-state index is 12.6. The predicted molar refractivity (Wildman–Crippen MR) is 109 cm³/mol. The Hall–Kier alpha value is -2.74. The molecule has 0 unspecified atom stereocenters. The number of ether oxygens (including phenoxy) is 2. The van der Waals surface area contributed by atoms with E-state index >= 15 is 0 Å². The lowest BCUT2D eigenvalue weighted by Gasteiger charge is -2.25. The molecule has 0 fully saturated rings. The van der Waals surface area contributed by atoms with E-state index in [9.17, 15) is 13.2 Å². The minimum absolute atomic E-state index is 0.292. The number of anilines is 1. The second-order valence-electron chi connectivity index (χ2n) is 6.51. The Morgan fingerprint density at radius 1 is 1.11 bits per heavy atom. The van der Waals surface area contributed by atoms with E-state index in [0.717, 1.165) is 27.4 Å². The van der Waals surface area contributed by atoms with Crippen molar-refractivity contribution >= 4 is 21.6 Å². The Morgan fingerprint density at radius 3 is 2.29 bits per heavy atom. The molecular weight excluding hydrogens is 380 g/mol. The Balaban J connectivity index is 2.21. The van der Waals surface area contributed by atoms with Crippen LogP contribution in [0.3, 0.4) is 0 Å². The van der Waals surface area contributed by atoms with Gasteiger partial charge >= 0.3 is 0 Å². The van der Waals surface area contributed by atoms with Crippen LogP contribution in [0.25, 0.3) is 0 Å². The van der Waals surface area contributed by atoms with Gasteiger partial charge in [0.1, 0.15) is 18.0 Å². The molecule has 0 heterocycles. The summed E-state index contributed by atoms with van der Waals surface area (Å²) in [5, 5.41) is 2.83. The number of methoxy groups -OCH3 is 2. The summed E-state index contributed by atoms with van der Waals surface area (Å²) in [4.78, 5) is 12.6. The van der Waals surface area contributed by atoms with Gasteiger partial charge in [-0.2, -0.15) is 0 Å². The third kappa shape index (κ3) is 5.39. The quantitative estimate of drug-likeness (QED) is 0.729. The summed E-state index contributed by atoms with van der Waals surface area (Å²) < 4.78 is 36.2. The van der Waals surface area contributed by atoms with Crippen LogP contribution >= 0.6 is 0 Å². The number of nitrogens with zero attached hydrogens (tertiary/aromatic N) is 1. The number of aryl methyl sites for hydroxylation is 1. The SMILES string of the molecule is COc1ccc([C@@H](C)NC(=O)CN(c2cc(C)ccc2OC)S(C)(=O)=O)cc1. The first-order valence-electron chi connectivity index (χ1n) is 8.71. The van der Waals surface area contributed by atoms with Gasteiger partial charge in [-0.15, -0.1) is 0 Å². The number of benzene rings is 2. The summed E-state index contributed by atoms with van der Waals surface area (Å²) in [6, 6.07) is 12.2. The second kappa shape index (κ2) is 8.97. The first kappa shape index (κ1) is 21.6. The lowest BCUT2D eigenvalue weighted by molar-refractivity contribution is -0.120. The topological polar surface area (TPSA) is 84.9 Å². The predicted octanol–water partition coefficient (Wildman–Crippen LogP) is 2.66. The lowest BCUT2D eigenvalue weighted by atomic mass is 10.1. The molecule has 28 heavy (non-hydrogen) atoms. The van der Waals surface area contributed by atoms with Crippen molar-refractivity contribution in [1.82, 2.24) is 5.32 Å². The zero-order valence-electron chi connectivity index (χ0n) is 16.7. The third-order valence-electron chi connectivity index (χ3n) is 4.28. The third-order valence-corrected chi connectivity index (χ3v) is 5.41. The summed E-state index contributed by atoms with van der Waals surface area (Å²) in [5.74, 6) is 0.682. The molecule has 0 aromatic heterocycles. The number of nitrogens with one attached hydrogen (secondary N) is 1. The van der Waals surface area contributed by atoms with Gasteiger partial charge in [0.2, 0.25) is 15.9 Å². The highest BCUT2D eigenvalue weighted by atomic mass is 32.2. The Morgan fingerprint density at radius 2 is 1.75 bits per heavy atom. The van der Waals surface area contributed by atoms with Crippen molar-refractivity contribution in [3.8, 4) is 11.5 Å². The molecule has 0 spiro atoms. The fraction of sp³-hybridized carbons (Fsp3) is 0.350. The molecule has 0 bridgehead atoms. The van der Waals surface area contributed by atoms with Crippen LogP contribution in [0.1, 0.15) is 24.1 Å². The normalized spacial score (nSPS) is 12.2. The Bertz CT molecular complexity index is 926. The van der Waals surface area contributed by atoms with Crippen LogP contribution in [0.15, 0.2) is 42.5 Å². The van der Waals surface area contributed by atoms with Crippen LogP contribution in [0.2, 0.25) is 0 Å². The standard InChI is InChI=1S/C20H26N2O5S/c1-14-6-11-19(27-4)18(12-14)22(28(5,24)25)13-20(23)21-15(2)16-7-9-17(26-3)10-8-16/h6-12,15H,13H2,1-5H3,(H,21,23)/t15-/m1/s1. The van der Waals surface area contributed by atoms with Gasteiger partial charge in [-0.05, 0) is 49.2 Å². The molecule has 0 saturated carbocycles. The van der Waals surface area contributed by atoms with E-state index in [1.54, 1.807) is 31.4 Å². The summed E-state index contributed by atoms with van der Waals surface area (Å²) in [6.07, 6.45) is 1.06. The summed E-state index contributed by atoms with van der Waals surface area (Å²) in [6.45, 7) is 3.33. The van der Waals surface area contributed by atoms with E-state index in [0.29, 0.717) is 11.4 Å². The summed E-state index contributed by atoms with van der Waals surface area (Å²) in [5.41, 5.74) is 2.07. The molecule has 0 saturated heterocycles. The maximum Gasteiger partial charge on any atom is 0.241 e. The minimum atomic E-state index is -3.70. The van der Waals surface area contributed by atoms with Gasteiger partial charge in [0.25, 0.3) is 0 Å². The monoisotopic (exact) mass is 406 g/mol. The number of carbonyl (C=O) groups is 1. The molecule has 8 heteroatoms. The number of sulfonamides is 1. The van der Waals surface area contributed by atoms with Crippen LogP contribution in [0.4, 0.5) is 5.69 Å². The van der Waals surface area contributed by atoms with Crippen LogP contribution in [0, 0.1) is 6.92 Å². The molecule has 0 aliphatic heterocycles. The minimum Gasteiger partial charge on any atom is -0.497 e. The number of amides is 1. The molecule has 152 valence electrons. The molecule has 1 atom stereocenters. The van der Waals surface area contributed by atoms with Crippen LogP contribution in [-0.2, 0) is 14.8 Å². The van der Waals surface area contributed by atoms with Crippen molar-refractivity contribution < 1.29 is 22.7 Å². The van der Waals surface area contributed by atoms with E-state index in [1.165, 1.54) is 7.11 Å². The van der Waals surface area contributed by atoms with Crippen molar-refractivity contribution in [2.75, 3.05) is 31.3 Å². The van der Waals surface area contributed by atoms with Gasteiger partial charge in [-0.25, -0.2) is 8.42 Å². The molecule has 1 N–H and O–H groups in total. The molecule has 1 amide bonds. The largest absolute Gasteiger partial charge is 0.497 e. The number of carbonyl (C=O) groups excluding carboxylic acids is 1. The molecule has 2 rings (SSSR count). The fourth-order valence-electron chi connectivity index (χ4n) is 2.77. The van der Waals surface area contributed by atoms with Gasteiger partial charge in [0.15, 0.2) is 0 Å². The average molecular weight is 407 g/mol. The maximum atomic E-state index is 12.6. The van der Waals surface area contributed by atoms with Gasteiger partial charge in [-0.1, -0.05) is 18.2 Å². The van der Waals surface area contributed by atoms with Crippen molar-refractivity contribution in [2.24, 2.45) is 0 Å². The average Bonchev–Trinajstić information content (AvgIpc) is 2.65. The van der Waals surface area contributed by atoms with Crippen LogP contribution < -0.4 is 19.1 Å². The fourth-order valence-corrected chi connectivity index (χ4v) is 3.62. The van der Waals surface area contributed by atoms with Crippen LogP contribution in [-0.4, -0.2) is 41.3 Å². The van der Waals surface area contributed by atoms with E-state index in [-0.39, 0.29) is 12.6 Å². The zero-order chi connectivity index (χ0) is 20.9. The van der Waals surface area contributed by atoms with Crippen molar-refractivity contribution in [2.45, 2.75) is 19.9 Å². The molecule has 0 aliphatic carbocycles. The number of rotatable bonds is 8. The Kier molecular flexibility index (Phi) is 6.90. The van der Waals surface area contributed by atoms with Crippen LogP contribution in [0.5, 0.6) is 11.5 Å². The van der Waals surface area contributed by atoms with Crippen molar-refractivity contribution in [1.29, 1.82) is 0 Å². The molecule has 0 aliphatic rings. The molecule has 2 aromatic rings. The van der Waals surface area contributed by atoms with Crippen molar-refractivity contribution in [3.63, 3.8) is 0 Å². The first-order valence-corrected chi connectivity index (χ1v) is 10.6. The van der Waals surface area contributed by atoms with Crippen molar-refractivity contribution in [3.05, 3.63) is 53.6 Å². The smallest absolute Gasteiger partial charge is 0.241 e. The molecule has 0 radical (unpaired) electrons. The summed E-state index contributed by atoms with van der Waals surface area (Å²) >= 11 is 0. The second-order valence-corrected chi connectivity index (χ2v) is 8.41. The highest BCUT2D eigenvalue weighted by Gasteiger charge is 2.25. The molecule has 7 nitrogen and oxygen atoms in total. The van der Waals surface area contributed by atoms with E-state index in [4.69, 9.17) is 9.47 Å². The highest BCUT2D eigenvalue weighted by Crippen LogP contribution is 2.31. The molecule has 2 aromatic carbocycles.